The van der Waals surface area contributed by atoms with Crippen LogP contribution in [0, 0.1) is 0 Å². The van der Waals surface area contributed by atoms with Gasteiger partial charge in [-0.15, -0.1) is 13.2 Å². The van der Waals surface area contributed by atoms with Crippen LogP contribution in [0.1, 0.15) is 0 Å². The lowest BCUT2D eigenvalue weighted by Gasteiger charge is -2.09. The van der Waals surface area contributed by atoms with Gasteiger partial charge in [0.15, 0.2) is 0 Å². The predicted octanol–water partition coefficient (Wildman–Crippen LogP) is 3.13. The molecule has 80 valence electrons. The smallest absolute Gasteiger partial charge is 0.488 e. The fourth-order valence-electron chi connectivity index (χ4n) is 1.47. The summed E-state index contributed by atoms with van der Waals surface area (Å²) in [6.07, 6.45) is -3.37. The molecule has 0 unspecified atom stereocenters. The number of fused-ring (bicyclic) bond motifs is 1. The van der Waals surface area contributed by atoms with Gasteiger partial charge in [-0.05, 0) is 24.3 Å². The first kappa shape index (κ1) is 9.89. The number of ether oxygens (including phenoxy) is 1. The van der Waals surface area contributed by atoms with Gasteiger partial charge in [0.05, 0.1) is 12.6 Å². The van der Waals surface area contributed by atoms with Crippen LogP contribution >= 0.6 is 0 Å². The second-order valence-corrected chi connectivity index (χ2v) is 3.08. The molecule has 0 atom stereocenters. The van der Waals surface area contributed by atoms with Gasteiger partial charge in [0, 0.05) is 11.6 Å². The lowest BCUT2D eigenvalue weighted by atomic mass is 10.2. The van der Waals surface area contributed by atoms with E-state index >= 15 is 0 Å². The fourth-order valence-corrected chi connectivity index (χ4v) is 1.47. The maximum Gasteiger partial charge on any atom is 0.488 e. The van der Waals surface area contributed by atoms with Crippen molar-refractivity contribution in [3.63, 3.8) is 0 Å². The van der Waals surface area contributed by atoms with E-state index in [0.717, 1.165) is 6.20 Å². The zero-order valence-corrected chi connectivity index (χ0v) is 7.88. The molecular formula is C10H8F3NO. The Labute approximate surface area is 83.9 Å². The van der Waals surface area contributed by atoms with Crippen molar-refractivity contribution < 1.29 is 17.9 Å². The fraction of sp³-hybridized carbons (Fsp3) is 0.200. The molecule has 0 saturated carbocycles. The Kier molecular flexibility index (Phi) is 2.10. The number of rotatable bonds is 1. The van der Waals surface area contributed by atoms with Gasteiger partial charge in [0.25, 0.3) is 0 Å². The Morgan fingerprint density at radius 3 is 2.53 bits per heavy atom. The van der Waals surface area contributed by atoms with Crippen molar-refractivity contribution in [1.82, 2.24) is 4.57 Å². The molecule has 0 spiro atoms. The third-order valence-electron chi connectivity index (χ3n) is 2.17. The molecule has 0 aliphatic heterocycles. The molecule has 2 aromatic rings. The molecule has 1 heterocycles. The number of hydrogen-bond acceptors (Lipinski definition) is 1. The zero-order valence-electron chi connectivity index (χ0n) is 7.88. The SMILES string of the molecule is COc1ccc2c(ccn2C(F)(F)F)c1. The number of nitrogens with zero attached hydrogens (tertiary/aromatic N) is 1. The van der Waals surface area contributed by atoms with Crippen molar-refractivity contribution in [1.29, 1.82) is 0 Å². The van der Waals surface area contributed by atoms with Crippen molar-refractivity contribution in [3.05, 3.63) is 30.5 Å². The minimum absolute atomic E-state index is 0.128. The number of alkyl halides is 3. The number of hydrogen-bond donors (Lipinski definition) is 0. The topological polar surface area (TPSA) is 14.2 Å². The standard InChI is InChI=1S/C10H8F3NO/c1-15-8-2-3-9-7(6-8)4-5-14(9)10(11,12)13/h2-6H,1H3. The molecule has 2 rings (SSSR count). The van der Waals surface area contributed by atoms with Crippen LogP contribution in [-0.2, 0) is 6.30 Å². The van der Waals surface area contributed by atoms with Crippen molar-refractivity contribution in [2.24, 2.45) is 0 Å². The molecule has 0 amide bonds. The molecule has 2 nitrogen and oxygen atoms in total. The molecular weight excluding hydrogens is 207 g/mol. The highest BCUT2D eigenvalue weighted by Gasteiger charge is 2.31. The first-order valence-corrected chi connectivity index (χ1v) is 4.24. The summed E-state index contributed by atoms with van der Waals surface area (Å²) in [5.74, 6) is 0.544. The molecule has 0 saturated heterocycles. The Morgan fingerprint density at radius 1 is 1.20 bits per heavy atom. The summed E-state index contributed by atoms with van der Waals surface area (Å²) in [6.45, 7) is 0. The Bertz CT molecular complexity index is 487. The highest BCUT2D eigenvalue weighted by Crippen LogP contribution is 2.30. The van der Waals surface area contributed by atoms with Gasteiger partial charge in [-0.1, -0.05) is 0 Å². The van der Waals surface area contributed by atoms with Crippen molar-refractivity contribution in [3.8, 4) is 5.75 Å². The van der Waals surface area contributed by atoms with Crippen LogP contribution in [-0.4, -0.2) is 11.7 Å². The third-order valence-corrected chi connectivity index (χ3v) is 2.17. The van der Waals surface area contributed by atoms with Crippen LogP contribution in [0.2, 0.25) is 0 Å². The van der Waals surface area contributed by atoms with E-state index < -0.39 is 6.30 Å². The summed E-state index contributed by atoms with van der Waals surface area (Å²) in [6, 6.07) is 5.87. The monoisotopic (exact) mass is 215 g/mol. The third kappa shape index (κ3) is 1.65. The molecule has 0 N–H and O–H groups in total. The number of aromatic nitrogens is 1. The Hall–Kier alpha value is -1.65. The quantitative estimate of drug-likeness (QED) is 0.712. The maximum absolute atomic E-state index is 12.5. The van der Waals surface area contributed by atoms with E-state index in [1.54, 1.807) is 6.07 Å². The van der Waals surface area contributed by atoms with Crippen molar-refractivity contribution in [2.45, 2.75) is 6.30 Å². The minimum Gasteiger partial charge on any atom is -0.497 e. The van der Waals surface area contributed by atoms with Gasteiger partial charge in [-0.25, -0.2) is 0 Å². The van der Waals surface area contributed by atoms with Gasteiger partial charge in [-0.3, -0.25) is 4.57 Å². The average molecular weight is 215 g/mol. The summed E-state index contributed by atoms with van der Waals surface area (Å²) in [7, 11) is 1.47. The summed E-state index contributed by atoms with van der Waals surface area (Å²) < 4.78 is 42.6. The molecule has 1 aromatic carbocycles. The lowest BCUT2D eigenvalue weighted by Crippen LogP contribution is -2.14. The van der Waals surface area contributed by atoms with E-state index in [1.807, 2.05) is 0 Å². The molecule has 0 aliphatic rings. The number of methoxy groups -OCH3 is 1. The zero-order chi connectivity index (χ0) is 11.1. The summed E-state index contributed by atoms with van der Waals surface area (Å²) in [5.41, 5.74) is 0.128. The van der Waals surface area contributed by atoms with Crippen LogP contribution in [0.3, 0.4) is 0 Å². The van der Waals surface area contributed by atoms with Crippen LogP contribution < -0.4 is 4.74 Å². The molecule has 15 heavy (non-hydrogen) atoms. The summed E-state index contributed by atoms with van der Waals surface area (Å²) >= 11 is 0. The van der Waals surface area contributed by atoms with E-state index in [1.165, 1.54) is 25.3 Å². The average Bonchev–Trinajstić information content (AvgIpc) is 2.59. The molecule has 0 fully saturated rings. The van der Waals surface area contributed by atoms with Crippen LogP contribution in [0.5, 0.6) is 5.75 Å². The van der Waals surface area contributed by atoms with Gasteiger partial charge >= 0.3 is 6.30 Å². The first-order chi connectivity index (χ1) is 7.02. The normalized spacial score (nSPS) is 12.0. The second-order valence-electron chi connectivity index (χ2n) is 3.08. The van der Waals surface area contributed by atoms with E-state index in [4.69, 9.17) is 4.74 Å². The summed E-state index contributed by atoms with van der Waals surface area (Å²) in [4.78, 5) is 0. The highest BCUT2D eigenvalue weighted by atomic mass is 19.4. The van der Waals surface area contributed by atoms with Crippen LogP contribution in [0.4, 0.5) is 13.2 Å². The second kappa shape index (κ2) is 3.18. The molecule has 5 heteroatoms. The minimum atomic E-state index is -4.38. The maximum atomic E-state index is 12.5. The van der Waals surface area contributed by atoms with Crippen molar-refractivity contribution in [2.75, 3.05) is 7.11 Å². The Morgan fingerprint density at radius 2 is 1.93 bits per heavy atom. The number of benzene rings is 1. The van der Waals surface area contributed by atoms with E-state index in [9.17, 15) is 13.2 Å². The van der Waals surface area contributed by atoms with Gasteiger partial charge in [-0.2, -0.15) is 0 Å². The van der Waals surface area contributed by atoms with Crippen LogP contribution in [0.25, 0.3) is 10.9 Å². The molecule has 0 radical (unpaired) electrons. The highest BCUT2D eigenvalue weighted by molar-refractivity contribution is 5.81. The van der Waals surface area contributed by atoms with Gasteiger partial charge < -0.3 is 4.74 Å². The molecule has 1 aromatic heterocycles. The van der Waals surface area contributed by atoms with E-state index in [0.29, 0.717) is 11.1 Å². The van der Waals surface area contributed by atoms with Crippen molar-refractivity contribution >= 4 is 10.9 Å². The van der Waals surface area contributed by atoms with Crippen LogP contribution in [0.15, 0.2) is 30.5 Å². The number of halogens is 3. The molecule has 0 aliphatic carbocycles. The lowest BCUT2D eigenvalue weighted by molar-refractivity contribution is -0.200. The first-order valence-electron chi connectivity index (χ1n) is 4.24. The Balaban J connectivity index is 2.62. The largest absolute Gasteiger partial charge is 0.497 e. The van der Waals surface area contributed by atoms with E-state index in [2.05, 4.69) is 0 Å². The predicted molar refractivity (Wildman–Crippen MR) is 49.8 cm³/mol. The summed E-state index contributed by atoms with van der Waals surface area (Å²) in [5, 5.41) is 0.506. The molecule has 0 bridgehead atoms. The van der Waals surface area contributed by atoms with Gasteiger partial charge in [0.1, 0.15) is 5.75 Å². The van der Waals surface area contributed by atoms with E-state index in [-0.39, 0.29) is 10.1 Å². The van der Waals surface area contributed by atoms with Gasteiger partial charge in [0.2, 0.25) is 0 Å².